The van der Waals surface area contributed by atoms with E-state index in [9.17, 15) is 40.3 Å². The van der Waals surface area contributed by atoms with E-state index in [0.717, 1.165) is 4.90 Å². The number of benzene rings is 2. The zero-order valence-electron chi connectivity index (χ0n) is 24.6. The van der Waals surface area contributed by atoms with E-state index in [4.69, 9.17) is 0 Å². The summed E-state index contributed by atoms with van der Waals surface area (Å²) in [4.78, 5) is 33.0. The Morgan fingerprint density at radius 1 is 0.932 bits per heavy atom. The average molecular weight is 625 g/mol. The number of hydrogen-bond acceptors (Lipinski definition) is 4. The molecule has 0 bridgehead atoms. The first-order valence-corrected chi connectivity index (χ1v) is 13.7. The summed E-state index contributed by atoms with van der Waals surface area (Å²) in [6.45, 7) is 6.61. The van der Waals surface area contributed by atoms with Crippen molar-refractivity contribution in [3.05, 3.63) is 76.7 Å². The highest BCUT2D eigenvalue weighted by molar-refractivity contribution is 6.03. The molecule has 0 radical (unpaired) electrons. The largest absolute Gasteiger partial charge is 0.416 e. The van der Waals surface area contributed by atoms with Gasteiger partial charge in [0.1, 0.15) is 11.6 Å². The van der Waals surface area contributed by atoms with Crippen LogP contribution in [0.3, 0.4) is 0 Å². The number of alkyl halides is 6. The molecule has 4 rings (SSSR count). The molecule has 0 saturated carbocycles. The number of nitrogens with zero attached hydrogens (tertiary/aromatic N) is 3. The van der Waals surface area contributed by atoms with Crippen molar-refractivity contribution < 1.29 is 40.3 Å². The van der Waals surface area contributed by atoms with E-state index in [1.165, 1.54) is 52.2 Å². The van der Waals surface area contributed by atoms with Crippen LogP contribution in [0.15, 0.2) is 48.7 Å². The van der Waals surface area contributed by atoms with Crippen LogP contribution in [0.5, 0.6) is 0 Å². The van der Waals surface area contributed by atoms with Gasteiger partial charge in [-0.25, -0.2) is 9.37 Å². The molecule has 2 amide bonds. The monoisotopic (exact) mass is 624 g/mol. The molecular weight excluding hydrogens is 593 g/mol. The molecule has 1 aromatic heterocycles. The summed E-state index contributed by atoms with van der Waals surface area (Å²) in [5, 5.41) is 2.86. The minimum Gasteiger partial charge on any atom is -0.354 e. The predicted molar refractivity (Wildman–Crippen MR) is 152 cm³/mol. The SMILES string of the molecule is CC(=O)N[C@H]1CCN(c2cc(-c3ccc(F)cc3C)c(N(C)C(=O)C(C)(C)c3cc(C(F)(F)F)cc(C(F)(F)F)c3)cn2)C1. The number of amides is 2. The third kappa shape index (κ3) is 6.81. The molecule has 2 aromatic carbocycles. The lowest BCUT2D eigenvalue weighted by atomic mass is 9.81. The van der Waals surface area contributed by atoms with Crippen molar-refractivity contribution in [1.82, 2.24) is 10.3 Å². The summed E-state index contributed by atoms with van der Waals surface area (Å²) in [6.07, 6.45) is -8.11. The van der Waals surface area contributed by atoms with Crippen LogP contribution in [0.25, 0.3) is 11.1 Å². The van der Waals surface area contributed by atoms with Crippen LogP contribution in [0.2, 0.25) is 0 Å². The number of aryl methyl sites for hydroxylation is 1. The fourth-order valence-electron chi connectivity index (χ4n) is 5.36. The molecule has 1 saturated heterocycles. The van der Waals surface area contributed by atoms with Gasteiger partial charge >= 0.3 is 12.4 Å². The molecule has 3 aromatic rings. The van der Waals surface area contributed by atoms with Crippen LogP contribution < -0.4 is 15.1 Å². The Bertz CT molecular complexity index is 1550. The summed E-state index contributed by atoms with van der Waals surface area (Å²) in [6, 6.07) is 6.75. The Morgan fingerprint density at radius 2 is 1.52 bits per heavy atom. The van der Waals surface area contributed by atoms with Gasteiger partial charge in [-0.15, -0.1) is 0 Å². The average Bonchev–Trinajstić information content (AvgIpc) is 3.38. The van der Waals surface area contributed by atoms with Crippen LogP contribution in [0.4, 0.5) is 42.2 Å². The molecule has 1 aliphatic heterocycles. The molecule has 1 aliphatic rings. The molecule has 0 unspecified atom stereocenters. The zero-order valence-corrected chi connectivity index (χ0v) is 24.6. The zero-order chi connectivity index (χ0) is 32.8. The Labute approximate surface area is 249 Å². The third-order valence-electron chi connectivity index (χ3n) is 7.78. The minimum absolute atomic E-state index is 0.0146. The van der Waals surface area contributed by atoms with Crippen LogP contribution in [0.1, 0.15) is 49.4 Å². The number of carbonyl (C=O) groups excluding carboxylic acids is 2. The molecule has 1 N–H and O–H groups in total. The maximum absolute atomic E-state index is 14.0. The van der Waals surface area contributed by atoms with Gasteiger partial charge in [0.05, 0.1) is 28.4 Å². The third-order valence-corrected chi connectivity index (χ3v) is 7.78. The fourth-order valence-corrected chi connectivity index (χ4v) is 5.36. The lowest BCUT2D eigenvalue weighted by Gasteiger charge is -2.32. The lowest BCUT2D eigenvalue weighted by Crippen LogP contribution is -2.42. The quantitative estimate of drug-likeness (QED) is 0.304. The first kappa shape index (κ1) is 32.7. The van der Waals surface area contributed by atoms with Crippen LogP contribution in [0, 0.1) is 12.7 Å². The van der Waals surface area contributed by atoms with E-state index < -0.39 is 46.2 Å². The molecule has 1 fully saturated rings. The Kier molecular flexibility index (Phi) is 8.73. The van der Waals surface area contributed by atoms with Crippen molar-refractivity contribution in [3.8, 4) is 11.1 Å². The number of pyridine rings is 1. The van der Waals surface area contributed by atoms with Gasteiger partial charge in [-0.05, 0) is 80.3 Å². The van der Waals surface area contributed by atoms with Gasteiger partial charge in [0.25, 0.3) is 0 Å². The van der Waals surface area contributed by atoms with E-state index >= 15 is 0 Å². The van der Waals surface area contributed by atoms with Gasteiger partial charge in [-0.2, -0.15) is 26.3 Å². The summed E-state index contributed by atoms with van der Waals surface area (Å²) < 4.78 is 95.5. The van der Waals surface area contributed by atoms with Crippen molar-refractivity contribution in [2.75, 3.05) is 29.9 Å². The van der Waals surface area contributed by atoms with E-state index in [0.29, 0.717) is 54.2 Å². The van der Waals surface area contributed by atoms with E-state index in [2.05, 4.69) is 10.3 Å². The van der Waals surface area contributed by atoms with Crippen molar-refractivity contribution in [2.24, 2.45) is 0 Å². The number of nitrogens with one attached hydrogen (secondary N) is 1. The summed E-state index contributed by atoms with van der Waals surface area (Å²) >= 11 is 0. The van der Waals surface area contributed by atoms with Gasteiger partial charge in [0.2, 0.25) is 11.8 Å². The number of hydrogen-bond donors (Lipinski definition) is 1. The molecule has 0 spiro atoms. The maximum Gasteiger partial charge on any atom is 0.416 e. The number of carbonyl (C=O) groups is 2. The van der Waals surface area contributed by atoms with Crippen LogP contribution in [-0.2, 0) is 27.4 Å². The highest BCUT2D eigenvalue weighted by Crippen LogP contribution is 2.41. The molecule has 13 heteroatoms. The van der Waals surface area contributed by atoms with Gasteiger partial charge in [-0.3, -0.25) is 9.59 Å². The second-order valence-corrected chi connectivity index (χ2v) is 11.4. The molecule has 236 valence electrons. The molecule has 0 aliphatic carbocycles. The first-order valence-electron chi connectivity index (χ1n) is 13.7. The first-order chi connectivity index (χ1) is 20.3. The highest BCUT2D eigenvalue weighted by Gasteiger charge is 2.41. The molecule has 6 nitrogen and oxygen atoms in total. The summed E-state index contributed by atoms with van der Waals surface area (Å²) in [5.74, 6) is -0.954. The van der Waals surface area contributed by atoms with Crippen molar-refractivity contribution in [2.45, 2.75) is 57.9 Å². The Morgan fingerprint density at radius 3 is 2.07 bits per heavy atom. The van der Waals surface area contributed by atoms with E-state index in [-0.39, 0.29) is 23.7 Å². The van der Waals surface area contributed by atoms with Gasteiger partial charge in [0, 0.05) is 38.7 Å². The number of rotatable bonds is 6. The van der Waals surface area contributed by atoms with Crippen molar-refractivity contribution in [1.29, 1.82) is 0 Å². The standard InChI is InChI=1S/C31H31F7N4O2/c1-17-10-22(32)6-7-24(17)25-14-27(42-9-8-23(16-42)40-18(2)43)39-15-26(25)41(5)28(44)29(3,4)19-11-20(30(33,34)35)13-21(12-19)31(36,37)38/h6-7,10-15,23H,8-9,16H2,1-5H3,(H,40,43)/t23-/m0/s1. The van der Waals surface area contributed by atoms with E-state index in [1.54, 1.807) is 13.0 Å². The fraction of sp³-hybridized carbons (Fsp3) is 0.387. The molecule has 2 heterocycles. The lowest BCUT2D eigenvalue weighted by molar-refractivity contribution is -0.143. The highest BCUT2D eigenvalue weighted by atomic mass is 19.4. The minimum atomic E-state index is -5.08. The summed E-state index contributed by atoms with van der Waals surface area (Å²) in [5.41, 5.74) is -3.65. The second kappa shape index (κ2) is 11.7. The van der Waals surface area contributed by atoms with Gasteiger partial charge in [0.15, 0.2) is 0 Å². The number of aromatic nitrogens is 1. The molecular formula is C31H31F7N4O2. The normalized spacial score (nSPS) is 15.8. The number of anilines is 2. The molecule has 1 atom stereocenters. The second-order valence-electron chi connectivity index (χ2n) is 11.4. The van der Waals surface area contributed by atoms with Crippen molar-refractivity contribution in [3.63, 3.8) is 0 Å². The smallest absolute Gasteiger partial charge is 0.354 e. The van der Waals surface area contributed by atoms with Gasteiger partial charge < -0.3 is 15.1 Å². The van der Waals surface area contributed by atoms with Crippen LogP contribution in [-0.4, -0.2) is 43.0 Å². The maximum atomic E-state index is 14.0. The Hall–Kier alpha value is -4.16. The van der Waals surface area contributed by atoms with Crippen LogP contribution >= 0.6 is 0 Å². The topological polar surface area (TPSA) is 65.5 Å². The Balaban J connectivity index is 1.79. The summed E-state index contributed by atoms with van der Waals surface area (Å²) in [7, 11) is 1.35. The molecule has 44 heavy (non-hydrogen) atoms. The van der Waals surface area contributed by atoms with Gasteiger partial charge in [-0.1, -0.05) is 6.07 Å². The van der Waals surface area contributed by atoms with E-state index in [1.807, 2.05) is 4.90 Å². The number of halogens is 7. The predicted octanol–water partition coefficient (Wildman–Crippen LogP) is 6.89. The van der Waals surface area contributed by atoms with Crippen molar-refractivity contribution >= 4 is 23.3 Å². The number of likely N-dealkylation sites (N-methyl/N-ethyl adjacent to an activating group) is 1.